The number of carbonyl (C=O) groups is 3. The molecule has 1 heterocycles. The predicted octanol–water partition coefficient (Wildman–Crippen LogP) is 0.0886. The Morgan fingerprint density at radius 1 is 1.36 bits per heavy atom. The number of nitrogens with zero attached hydrogens (tertiary/aromatic N) is 1. The molecule has 0 unspecified atom stereocenters. The molecular formula is C9H13NO4. The zero-order chi connectivity index (χ0) is 10.6. The normalized spacial score (nSPS) is 16.5. The number of methoxy groups -OCH3 is 1. The summed E-state index contributed by atoms with van der Waals surface area (Å²) in [6, 6.07) is 0. The summed E-state index contributed by atoms with van der Waals surface area (Å²) >= 11 is 0. The van der Waals surface area contributed by atoms with Crippen LogP contribution in [0.3, 0.4) is 0 Å². The van der Waals surface area contributed by atoms with E-state index in [1.807, 2.05) is 0 Å². The molecular weight excluding hydrogens is 186 g/mol. The monoisotopic (exact) mass is 199 g/mol. The largest absolute Gasteiger partial charge is 0.385 e. The first-order valence-corrected chi connectivity index (χ1v) is 4.54. The number of imide groups is 3. The van der Waals surface area contributed by atoms with E-state index in [1.165, 1.54) is 7.11 Å². The first kappa shape index (κ1) is 10.8. The number of hydrogen-bond acceptors (Lipinski definition) is 4. The van der Waals surface area contributed by atoms with Crippen molar-refractivity contribution in [3.05, 3.63) is 0 Å². The Labute approximate surface area is 82.0 Å². The summed E-state index contributed by atoms with van der Waals surface area (Å²) in [6.45, 7) is 0.460. The number of hydrogen-bond donors (Lipinski definition) is 0. The Morgan fingerprint density at radius 3 is 2.43 bits per heavy atom. The van der Waals surface area contributed by atoms with Gasteiger partial charge in [-0.2, -0.15) is 0 Å². The molecule has 78 valence electrons. The molecule has 0 saturated carbocycles. The highest BCUT2D eigenvalue weighted by Gasteiger charge is 2.33. The van der Waals surface area contributed by atoms with Crippen LogP contribution in [-0.4, -0.2) is 36.3 Å². The topological polar surface area (TPSA) is 63.7 Å². The van der Waals surface area contributed by atoms with E-state index in [4.69, 9.17) is 4.74 Å². The second kappa shape index (κ2) is 4.85. The van der Waals surface area contributed by atoms with E-state index in [-0.39, 0.29) is 31.1 Å². The second-order valence-electron chi connectivity index (χ2n) is 3.11. The van der Waals surface area contributed by atoms with E-state index in [2.05, 4.69) is 0 Å². The average Bonchev–Trinajstić information content (AvgIpc) is 2.46. The summed E-state index contributed by atoms with van der Waals surface area (Å²) in [5, 5.41) is 0. The SMILES string of the molecule is COCCCC(=O)N1C(=O)CCC1=O. The van der Waals surface area contributed by atoms with Gasteiger partial charge in [0.15, 0.2) is 0 Å². The molecule has 14 heavy (non-hydrogen) atoms. The van der Waals surface area contributed by atoms with E-state index < -0.39 is 5.91 Å². The third-order valence-corrected chi connectivity index (χ3v) is 2.04. The number of carbonyl (C=O) groups excluding carboxylic acids is 3. The summed E-state index contributed by atoms with van der Waals surface area (Å²) in [7, 11) is 1.54. The van der Waals surface area contributed by atoms with E-state index >= 15 is 0 Å². The van der Waals surface area contributed by atoms with Gasteiger partial charge in [-0.15, -0.1) is 0 Å². The van der Waals surface area contributed by atoms with Gasteiger partial charge in [0, 0.05) is 33.0 Å². The number of amides is 3. The summed E-state index contributed by atoms with van der Waals surface area (Å²) < 4.78 is 4.77. The van der Waals surface area contributed by atoms with Crippen LogP contribution in [0.4, 0.5) is 0 Å². The lowest BCUT2D eigenvalue weighted by Gasteiger charge is -2.10. The van der Waals surface area contributed by atoms with Crippen LogP contribution in [-0.2, 0) is 19.1 Å². The molecule has 0 aromatic heterocycles. The van der Waals surface area contributed by atoms with Crippen molar-refractivity contribution >= 4 is 17.7 Å². The maximum atomic E-state index is 11.4. The van der Waals surface area contributed by atoms with Crippen molar-refractivity contribution in [3.8, 4) is 0 Å². The van der Waals surface area contributed by atoms with Crippen molar-refractivity contribution in [1.82, 2.24) is 4.90 Å². The fourth-order valence-corrected chi connectivity index (χ4v) is 1.33. The summed E-state index contributed by atoms with van der Waals surface area (Å²) in [5.41, 5.74) is 0. The van der Waals surface area contributed by atoms with Crippen molar-refractivity contribution < 1.29 is 19.1 Å². The Balaban J connectivity index is 2.43. The van der Waals surface area contributed by atoms with Gasteiger partial charge in [0.2, 0.25) is 17.7 Å². The molecule has 5 nitrogen and oxygen atoms in total. The first-order valence-electron chi connectivity index (χ1n) is 4.54. The molecule has 3 amide bonds. The Kier molecular flexibility index (Phi) is 3.76. The van der Waals surface area contributed by atoms with Crippen LogP contribution in [0.1, 0.15) is 25.7 Å². The third kappa shape index (κ3) is 2.38. The van der Waals surface area contributed by atoms with Gasteiger partial charge in [-0.3, -0.25) is 14.4 Å². The molecule has 0 radical (unpaired) electrons. The lowest BCUT2D eigenvalue weighted by molar-refractivity contribution is -0.149. The van der Waals surface area contributed by atoms with E-state index in [1.54, 1.807) is 0 Å². The molecule has 1 saturated heterocycles. The second-order valence-corrected chi connectivity index (χ2v) is 3.11. The summed E-state index contributed by atoms with van der Waals surface area (Å²) in [6.07, 6.45) is 1.04. The summed E-state index contributed by atoms with van der Waals surface area (Å²) in [5.74, 6) is -1.16. The molecule has 1 aliphatic heterocycles. The van der Waals surface area contributed by atoms with E-state index in [9.17, 15) is 14.4 Å². The predicted molar refractivity (Wildman–Crippen MR) is 47.2 cm³/mol. The Hall–Kier alpha value is -1.23. The Morgan fingerprint density at radius 2 is 1.93 bits per heavy atom. The zero-order valence-electron chi connectivity index (χ0n) is 8.12. The van der Waals surface area contributed by atoms with Crippen LogP contribution >= 0.6 is 0 Å². The maximum absolute atomic E-state index is 11.4. The van der Waals surface area contributed by atoms with Crippen molar-refractivity contribution in [2.24, 2.45) is 0 Å². The molecule has 5 heteroatoms. The molecule has 0 spiro atoms. The molecule has 1 fully saturated rings. The van der Waals surface area contributed by atoms with Crippen LogP contribution in [0.15, 0.2) is 0 Å². The molecule has 0 aromatic carbocycles. The van der Waals surface area contributed by atoms with Gasteiger partial charge in [-0.1, -0.05) is 0 Å². The molecule has 0 N–H and O–H groups in total. The highest BCUT2D eigenvalue weighted by atomic mass is 16.5. The molecule has 0 aromatic rings. The van der Waals surface area contributed by atoms with E-state index in [0.717, 1.165) is 4.90 Å². The summed E-state index contributed by atoms with van der Waals surface area (Å²) in [4.78, 5) is 34.4. The third-order valence-electron chi connectivity index (χ3n) is 2.04. The van der Waals surface area contributed by atoms with Crippen LogP contribution < -0.4 is 0 Å². The van der Waals surface area contributed by atoms with Gasteiger partial charge in [0.25, 0.3) is 0 Å². The molecule has 0 aliphatic carbocycles. The molecule has 0 atom stereocenters. The number of rotatable bonds is 4. The minimum absolute atomic E-state index is 0.162. The fourth-order valence-electron chi connectivity index (χ4n) is 1.33. The molecule has 0 bridgehead atoms. The maximum Gasteiger partial charge on any atom is 0.236 e. The zero-order valence-corrected chi connectivity index (χ0v) is 8.12. The van der Waals surface area contributed by atoms with Crippen LogP contribution in [0, 0.1) is 0 Å². The number of ether oxygens (including phenoxy) is 1. The highest BCUT2D eigenvalue weighted by molar-refractivity contribution is 6.14. The smallest absolute Gasteiger partial charge is 0.236 e. The molecule has 1 aliphatic rings. The van der Waals surface area contributed by atoms with Crippen LogP contribution in [0.5, 0.6) is 0 Å². The van der Waals surface area contributed by atoms with Gasteiger partial charge >= 0.3 is 0 Å². The van der Waals surface area contributed by atoms with Gasteiger partial charge in [-0.25, -0.2) is 4.90 Å². The minimum Gasteiger partial charge on any atom is -0.385 e. The van der Waals surface area contributed by atoms with Gasteiger partial charge < -0.3 is 4.74 Å². The van der Waals surface area contributed by atoms with Crippen molar-refractivity contribution in [3.63, 3.8) is 0 Å². The van der Waals surface area contributed by atoms with Crippen LogP contribution in [0.25, 0.3) is 0 Å². The first-order chi connectivity index (χ1) is 6.66. The number of likely N-dealkylation sites (tertiary alicyclic amines) is 1. The van der Waals surface area contributed by atoms with E-state index in [0.29, 0.717) is 13.0 Å². The molecule has 1 rings (SSSR count). The van der Waals surface area contributed by atoms with Crippen molar-refractivity contribution in [2.45, 2.75) is 25.7 Å². The fraction of sp³-hybridized carbons (Fsp3) is 0.667. The van der Waals surface area contributed by atoms with Gasteiger partial charge in [-0.05, 0) is 6.42 Å². The van der Waals surface area contributed by atoms with Crippen molar-refractivity contribution in [2.75, 3.05) is 13.7 Å². The lowest BCUT2D eigenvalue weighted by Crippen LogP contribution is -2.35. The van der Waals surface area contributed by atoms with Gasteiger partial charge in [0.1, 0.15) is 0 Å². The minimum atomic E-state index is -0.408. The van der Waals surface area contributed by atoms with Gasteiger partial charge in [0.05, 0.1) is 0 Å². The van der Waals surface area contributed by atoms with Crippen molar-refractivity contribution in [1.29, 1.82) is 0 Å². The average molecular weight is 199 g/mol. The standard InChI is InChI=1S/C9H13NO4/c1-14-6-2-3-7(11)10-8(12)4-5-9(10)13/h2-6H2,1H3. The lowest BCUT2D eigenvalue weighted by atomic mass is 10.3. The quantitative estimate of drug-likeness (QED) is 0.475. The van der Waals surface area contributed by atoms with Crippen LogP contribution in [0.2, 0.25) is 0 Å². The highest BCUT2D eigenvalue weighted by Crippen LogP contribution is 2.13. The Bertz CT molecular complexity index is 246.